The fourth-order valence-electron chi connectivity index (χ4n) is 2.93. The predicted octanol–water partition coefficient (Wildman–Crippen LogP) is 1.57. The molecule has 2 fully saturated rings. The third kappa shape index (κ3) is 2.85. The van der Waals surface area contributed by atoms with Crippen LogP contribution in [0.1, 0.15) is 12.8 Å². The van der Waals surface area contributed by atoms with Crippen molar-refractivity contribution in [2.75, 3.05) is 6.61 Å². The molecule has 1 aromatic rings. The largest absolute Gasteiger partial charge is 0.484 e. The third-order valence-corrected chi connectivity index (χ3v) is 4.27. The van der Waals surface area contributed by atoms with Gasteiger partial charge >= 0.3 is 0 Å². The van der Waals surface area contributed by atoms with Crippen molar-refractivity contribution in [2.24, 2.45) is 17.6 Å². The Morgan fingerprint density at radius 3 is 2.63 bits per heavy atom. The van der Waals surface area contributed by atoms with Gasteiger partial charge in [-0.25, -0.2) is 0 Å². The van der Waals surface area contributed by atoms with Crippen molar-refractivity contribution < 1.29 is 9.53 Å². The van der Waals surface area contributed by atoms with Gasteiger partial charge in [-0.1, -0.05) is 11.6 Å². The molecule has 0 spiro atoms. The molecule has 0 radical (unpaired) electrons. The van der Waals surface area contributed by atoms with Crippen LogP contribution in [0, 0.1) is 11.8 Å². The van der Waals surface area contributed by atoms with Crippen LogP contribution in [-0.4, -0.2) is 24.6 Å². The van der Waals surface area contributed by atoms with Crippen molar-refractivity contribution in [3.63, 3.8) is 0 Å². The van der Waals surface area contributed by atoms with E-state index in [1.165, 1.54) is 0 Å². The molecule has 3 N–H and O–H groups in total. The second-order valence-corrected chi connectivity index (χ2v) is 5.82. The third-order valence-electron chi connectivity index (χ3n) is 4.01. The summed E-state index contributed by atoms with van der Waals surface area (Å²) in [6.45, 7) is 0.0325. The smallest absolute Gasteiger partial charge is 0.258 e. The summed E-state index contributed by atoms with van der Waals surface area (Å²) in [4.78, 5) is 11.8. The average molecular weight is 281 g/mol. The Balaban J connectivity index is 1.45. The normalized spacial score (nSPS) is 31.7. The van der Waals surface area contributed by atoms with Crippen LogP contribution in [0.5, 0.6) is 5.75 Å². The molecule has 0 aromatic heterocycles. The fraction of sp³-hybridized carbons (Fsp3) is 0.500. The fourth-order valence-corrected chi connectivity index (χ4v) is 3.05. The summed E-state index contributed by atoms with van der Waals surface area (Å²) in [6, 6.07) is 7.46. The number of rotatable bonds is 4. The maximum Gasteiger partial charge on any atom is 0.258 e. The summed E-state index contributed by atoms with van der Waals surface area (Å²) in [5.41, 5.74) is 5.97. The van der Waals surface area contributed by atoms with Gasteiger partial charge in [0.05, 0.1) is 0 Å². The molecule has 4 nitrogen and oxygen atoms in total. The first-order valence-corrected chi connectivity index (χ1v) is 6.94. The monoisotopic (exact) mass is 280 g/mol. The van der Waals surface area contributed by atoms with E-state index < -0.39 is 0 Å². The molecule has 19 heavy (non-hydrogen) atoms. The van der Waals surface area contributed by atoms with Gasteiger partial charge in [0.2, 0.25) is 0 Å². The van der Waals surface area contributed by atoms with Crippen molar-refractivity contribution in [3.05, 3.63) is 29.3 Å². The van der Waals surface area contributed by atoms with Crippen LogP contribution in [0.2, 0.25) is 5.02 Å². The Labute approximate surface area is 117 Å². The van der Waals surface area contributed by atoms with Crippen LogP contribution in [-0.2, 0) is 4.79 Å². The van der Waals surface area contributed by atoms with E-state index in [4.69, 9.17) is 22.1 Å². The Kier molecular flexibility index (Phi) is 3.37. The highest BCUT2D eigenvalue weighted by atomic mass is 35.5. The number of benzene rings is 1. The van der Waals surface area contributed by atoms with E-state index in [1.807, 2.05) is 0 Å². The van der Waals surface area contributed by atoms with E-state index in [0.29, 0.717) is 22.6 Å². The van der Waals surface area contributed by atoms with Crippen molar-refractivity contribution in [2.45, 2.75) is 24.9 Å². The molecule has 0 heterocycles. The molecule has 0 saturated heterocycles. The lowest BCUT2D eigenvalue weighted by atomic mass is 10.1. The molecule has 4 atom stereocenters. The van der Waals surface area contributed by atoms with Crippen LogP contribution < -0.4 is 15.8 Å². The minimum Gasteiger partial charge on any atom is -0.484 e. The van der Waals surface area contributed by atoms with Crippen LogP contribution in [0.25, 0.3) is 0 Å². The first kappa shape index (κ1) is 12.8. The average Bonchev–Trinajstić information content (AvgIpc) is 3.12. The molecule has 1 amide bonds. The molecule has 2 aliphatic rings. The van der Waals surface area contributed by atoms with Gasteiger partial charge in [-0.2, -0.15) is 0 Å². The summed E-state index contributed by atoms with van der Waals surface area (Å²) in [5, 5.41) is 3.66. The summed E-state index contributed by atoms with van der Waals surface area (Å²) in [7, 11) is 0. The maximum atomic E-state index is 11.8. The Morgan fingerprint density at radius 2 is 2.05 bits per heavy atom. The number of hydrogen-bond acceptors (Lipinski definition) is 3. The molecule has 3 rings (SSSR count). The quantitative estimate of drug-likeness (QED) is 0.880. The molecule has 1 aromatic carbocycles. The van der Waals surface area contributed by atoms with E-state index in [2.05, 4.69) is 5.32 Å². The number of ether oxygens (including phenoxy) is 1. The number of halogens is 1. The molecule has 0 aliphatic heterocycles. The van der Waals surface area contributed by atoms with E-state index in [9.17, 15) is 4.79 Å². The van der Waals surface area contributed by atoms with Crippen LogP contribution in [0.4, 0.5) is 0 Å². The molecule has 4 unspecified atom stereocenters. The number of nitrogens with two attached hydrogens (primary N) is 1. The number of carbonyl (C=O) groups is 1. The lowest BCUT2D eigenvalue weighted by Crippen LogP contribution is -2.39. The molecular formula is C14H17ClN2O2. The highest BCUT2D eigenvalue weighted by molar-refractivity contribution is 6.30. The van der Waals surface area contributed by atoms with Gasteiger partial charge in [0.1, 0.15) is 5.75 Å². The van der Waals surface area contributed by atoms with Crippen LogP contribution in [0.15, 0.2) is 24.3 Å². The number of hydrogen-bond donors (Lipinski definition) is 2. The number of fused-ring (bicyclic) bond motifs is 1. The van der Waals surface area contributed by atoms with E-state index >= 15 is 0 Å². The standard InChI is InChI=1S/C14H17ClN2O2/c15-8-1-3-9(4-2-8)19-7-14(18)17-13-6-12(16)10-5-11(10)13/h1-4,10-13H,5-7,16H2,(H,17,18). The zero-order chi connectivity index (χ0) is 13.4. The topological polar surface area (TPSA) is 64.3 Å². The van der Waals surface area contributed by atoms with Crippen molar-refractivity contribution in [1.29, 1.82) is 0 Å². The number of carbonyl (C=O) groups excluding carboxylic acids is 1. The highest BCUT2D eigenvalue weighted by Crippen LogP contribution is 2.51. The molecule has 2 aliphatic carbocycles. The SMILES string of the molecule is NC1CC(NC(=O)COc2ccc(Cl)cc2)C2CC12. The van der Waals surface area contributed by atoms with Crippen LogP contribution >= 0.6 is 11.6 Å². The predicted molar refractivity (Wildman–Crippen MR) is 73.1 cm³/mol. The molecular weight excluding hydrogens is 264 g/mol. The van der Waals surface area contributed by atoms with Crippen molar-refractivity contribution in [1.82, 2.24) is 5.32 Å². The lowest BCUT2D eigenvalue weighted by molar-refractivity contribution is -0.123. The van der Waals surface area contributed by atoms with Gasteiger partial charge in [0.15, 0.2) is 6.61 Å². The van der Waals surface area contributed by atoms with Gasteiger partial charge in [0.25, 0.3) is 5.91 Å². The lowest BCUT2D eigenvalue weighted by Gasteiger charge is -2.16. The first-order valence-electron chi connectivity index (χ1n) is 6.57. The van der Waals surface area contributed by atoms with Gasteiger partial charge in [0, 0.05) is 17.1 Å². The van der Waals surface area contributed by atoms with Crippen molar-refractivity contribution in [3.8, 4) is 5.75 Å². The van der Waals surface area contributed by atoms with Gasteiger partial charge in [-0.3, -0.25) is 4.79 Å². The minimum absolute atomic E-state index is 0.0325. The Hall–Kier alpha value is -1.26. The van der Waals surface area contributed by atoms with Crippen LogP contribution in [0.3, 0.4) is 0 Å². The first-order chi connectivity index (χ1) is 9.13. The maximum absolute atomic E-state index is 11.8. The number of nitrogens with one attached hydrogen (secondary N) is 1. The Morgan fingerprint density at radius 1 is 1.32 bits per heavy atom. The highest BCUT2D eigenvalue weighted by Gasteiger charge is 2.53. The second kappa shape index (κ2) is 5.02. The molecule has 102 valence electrons. The van der Waals surface area contributed by atoms with Gasteiger partial charge in [-0.05, 0) is 48.9 Å². The molecule has 2 saturated carbocycles. The second-order valence-electron chi connectivity index (χ2n) is 5.38. The summed E-state index contributed by atoms with van der Waals surface area (Å²) < 4.78 is 5.41. The zero-order valence-corrected chi connectivity index (χ0v) is 11.3. The Bertz CT molecular complexity index is 477. The van der Waals surface area contributed by atoms with Gasteiger partial charge < -0.3 is 15.8 Å². The van der Waals surface area contributed by atoms with E-state index in [1.54, 1.807) is 24.3 Å². The summed E-state index contributed by atoms with van der Waals surface area (Å²) in [6.07, 6.45) is 2.05. The van der Waals surface area contributed by atoms with E-state index in [0.717, 1.165) is 12.8 Å². The summed E-state index contributed by atoms with van der Waals surface area (Å²) >= 11 is 5.78. The van der Waals surface area contributed by atoms with E-state index in [-0.39, 0.29) is 24.6 Å². The molecule has 5 heteroatoms. The number of amides is 1. The zero-order valence-electron chi connectivity index (χ0n) is 10.5. The van der Waals surface area contributed by atoms with Gasteiger partial charge in [-0.15, -0.1) is 0 Å². The van der Waals surface area contributed by atoms with Crippen molar-refractivity contribution >= 4 is 17.5 Å². The minimum atomic E-state index is -0.0836. The molecule has 0 bridgehead atoms. The summed E-state index contributed by atoms with van der Waals surface area (Å²) in [5.74, 6) is 1.78.